The molecule has 5 aromatic heterocycles. The Labute approximate surface area is 290 Å². The predicted molar refractivity (Wildman–Crippen MR) is 189 cm³/mol. The molecule has 2 saturated heterocycles. The lowest BCUT2D eigenvalue weighted by molar-refractivity contribution is -0.117. The number of H-pyrrole nitrogens is 2. The summed E-state index contributed by atoms with van der Waals surface area (Å²) in [6, 6.07) is 31.6. The number of benzene rings is 3. The van der Waals surface area contributed by atoms with Crippen LogP contribution in [0.3, 0.4) is 0 Å². The Balaban J connectivity index is 1.34. The third-order valence-electron chi connectivity index (χ3n) is 9.37. The monoisotopic (exact) mass is 674 g/mol. The van der Waals surface area contributed by atoms with Gasteiger partial charge in [-0.25, -0.2) is 19.9 Å². The number of ether oxygens (including phenoxy) is 1. The van der Waals surface area contributed by atoms with Crippen LogP contribution in [0.15, 0.2) is 116 Å². The van der Waals surface area contributed by atoms with Gasteiger partial charge in [0.2, 0.25) is 17.4 Å². The molecule has 250 valence electrons. The summed E-state index contributed by atoms with van der Waals surface area (Å²) in [6.07, 6.45) is 7.52. The molecule has 2 aliphatic heterocycles. The van der Waals surface area contributed by atoms with Crippen LogP contribution in [0.5, 0.6) is 0 Å². The number of hydrazine groups is 3. The van der Waals surface area contributed by atoms with Crippen molar-refractivity contribution in [2.75, 3.05) is 21.9 Å². The molecule has 0 radical (unpaired) electrons. The van der Waals surface area contributed by atoms with Crippen LogP contribution in [0, 0.1) is 0 Å². The number of nitrogens with zero attached hydrogens (tertiary/aromatic N) is 12. The normalized spacial score (nSPS) is 19.8. The number of aromatic nitrogens is 10. The largest absolute Gasteiger partial charge is 0.361 e. The molecule has 2 aliphatic rings. The summed E-state index contributed by atoms with van der Waals surface area (Å²) in [4.78, 5) is 29.0. The number of tetrazole rings is 1. The fraction of sp³-hybridized carbons (Fsp3) is 0.167. The van der Waals surface area contributed by atoms with E-state index in [9.17, 15) is 0 Å². The van der Waals surface area contributed by atoms with E-state index in [1.807, 2.05) is 125 Å². The zero-order valence-corrected chi connectivity index (χ0v) is 27.2. The van der Waals surface area contributed by atoms with Crippen LogP contribution in [-0.4, -0.2) is 68.4 Å². The molecule has 2 atom stereocenters. The van der Waals surface area contributed by atoms with E-state index in [1.54, 1.807) is 6.20 Å². The highest BCUT2D eigenvalue weighted by Crippen LogP contribution is 2.51. The molecular formula is C36H30N14O. The maximum Gasteiger partial charge on any atom is 0.249 e. The van der Waals surface area contributed by atoms with Gasteiger partial charge < -0.3 is 9.72 Å². The number of rotatable bonds is 6. The molecule has 2 N–H and O–H groups in total. The molecule has 8 aromatic rings. The Morgan fingerprint density at radius 3 is 2.25 bits per heavy atom. The number of aromatic amines is 2. The third-order valence-corrected chi connectivity index (χ3v) is 9.37. The van der Waals surface area contributed by atoms with E-state index in [0.29, 0.717) is 42.1 Å². The van der Waals surface area contributed by atoms with E-state index in [1.165, 1.54) is 0 Å². The topological polar surface area (TPSA) is 157 Å². The first-order chi connectivity index (χ1) is 25.3. The second kappa shape index (κ2) is 11.8. The van der Waals surface area contributed by atoms with Crippen molar-refractivity contribution in [1.29, 1.82) is 0 Å². The standard InChI is InChI=1S/C36H30N14O/c1-3-12-26-24(10-1)18-19-31(40-26)49-48(35-39-22-25-11-2-4-13-27(25)42-35)36(30-16-9-20-37-30,34-43-45-46-44-34)47(33-17-7-8-21-51-33)50(49)32-23-38-28-14-5-6-15-29(28)41-32/h1-6,9-16,18-20,22-23,33,37H,7-8,17,21H2,(H,43,44,45,46). The van der Waals surface area contributed by atoms with E-state index in [2.05, 4.69) is 25.5 Å². The number of fused-ring (bicyclic) bond motifs is 3. The highest BCUT2D eigenvalue weighted by Gasteiger charge is 2.66. The van der Waals surface area contributed by atoms with Crippen LogP contribution >= 0.6 is 0 Å². The molecular weight excluding hydrogens is 644 g/mol. The van der Waals surface area contributed by atoms with Gasteiger partial charge in [-0.15, -0.1) is 15.2 Å². The van der Waals surface area contributed by atoms with Gasteiger partial charge in [0, 0.05) is 29.8 Å². The molecule has 2 fully saturated rings. The van der Waals surface area contributed by atoms with Crippen molar-refractivity contribution >= 4 is 50.4 Å². The highest BCUT2D eigenvalue weighted by atomic mass is 16.5. The molecule has 7 heterocycles. The summed E-state index contributed by atoms with van der Waals surface area (Å²) >= 11 is 0. The maximum atomic E-state index is 6.68. The van der Waals surface area contributed by atoms with Crippen molar-refractivity contribution in [3.8, 4) is 0 Å². The fourth-order valence-electron chi connectivity index (χ4n) is 7.12. The maximum absolute atomic E-state index is 6.68. The van der Waals surface area contributed by atoms with Crippen molar-refractivity contribution in [1.82, 2.24) is 55.5 Å². The molecule has 0 aliphatic carbocycles. The first-order valence-electron chi connectivity index (χ1n) is 16.8. The van der Waals surface area contributed by atoms with Crippen molar-refractivity contribution in [2.45, 2.75) is 31.2 Å². The summed E-state index contributed by atoms with van der Waals surface area (Å²) in [6.45, 7) is 0.562. The summed E-state index contributed by atoms with van der Waals surface area (Å²) < 4.78 is 6.68. The molecule has 2 unspecified atom stereocenters. The van der Waals surface area contributed by atoms with Gasteiger partial charge in [0.15, 0.2) is 11.6 Å². The molecule has 0 amide bonds. The SMILES string of the molecule is c1c[nH]c(C2(c3nn[nH]n3)N(c3ncc4ccccc4n3)N(c3ccc4ccccc4n3)N(c3cnc4ccccc4n3)N2C2CCCCO2)c1. The number of hydrogen-bond donors (Lipinski definition) is 2. The molecule has 0 bridgehead atoms. The van der Waals surface area contributed by atoms with Crippen molar-refractivity contribution in [3.05, 3.63) is 127 Å². The fourth-order valence-corrected chi connectivity index (χ4v) is 7.12. The van der Waals surface area contributed by atoms with Gasteiger partial charge in [-0.05, 0) is 67.8 Å². The minimum Gasteiger partial charge on any atom is -0.361 e. The number of hydrogen-bond acceptors (Lipinski definition) is 13. The lowest BCUT2D eigenvalue weighted by atomic mass is 10.0. The number of anilines is 3. The van der Waals surface area contributed by atoms with Crippen molar-refractivity contribution in [3.63, 3.8) is 0 Å². The lowest BCUT2D eigenvalue weighted by Gasteiger charge is -2.43. The van der Waals surface area contributed by atoms with Crippen LogP contribution in [0.4, 0.5) is 17.6 Å². The molecule has 0 saturated carbocycles. The minimum atomic E-state index is -1.43. The van der Waals surface area contributed by atoms with Gasteiger partial charge in [0.25, 0.3) is 0 Å². The first kappa shape index (κ1) is 29.3. The average Bonchev–Trinajstić information content (AvgIpc) is 3.99. The zero-order chi connectivity index (χ0) is 33.8. The molecule has 15 heteroatoms. The van der Waals surface area contributed by atoms with Crippen molar-refractivity contribution < 1.29 is 4.74 Å². The molecule has 10 rings (SSSR count). The van der Waals surface area contributed by atoms with Crippen LogP contribution in [0.1, 0.15) is 30.8 Å². The van der Waals surface area contributed by atoms with E-state index in [0.717, 1.165) is 45.7 Å². The van der Waals surface area contributed by atoms with E-state index in [-0.39, 0.29) is 0 Å². The minimum absolute atomic E-state index is 0.318. The Morgan fingerprint density at radius 1 is 0.686 bits per heavy atom. The Bertz CT molecular complexity index is 2450. The Morgan fingerprint density at radius 2 is 1.47 bits per heavy atom. The summed E-state index contributed by atoms with van der Waals surface area (Å²) in [5.41, 5.74) is 2.32. The van der Waals surface area contributed by atoms with Crippen LogP contribution in [0.2, 0.25) is 0 Å². The van der Waals surface area contributed by atoms with E-state index < -0.39 is 11.9 Å². The zero-order valence-electron chi connectivity index (χ0n) is 27.2. The van der Waals surface area contributed by atoms with Crippen LogP contribution in [0.25, 0.3) is 32.8 Å². The number of pyridine rings is 1. The van der Waals surface area contributed by atoms with Gasteiger partial charge in [-0.3, -0.25) is 4.98 Å². The summed E-state index contributed by atoms with van der Waals surface area (Å²) in [7, 11) is 0. The smallest absolute Gasteiger partial charge is 0.249 e. The van der Waals surface area contributed by atoms with E-state index >= 15 is 0 Å². The van der Waals surface area contributed by atoms with Gasteiger partial charge in [-0.2, -0.15) is 20.5 Å². The number of para-hydroxylation sites is 4. The Kier molecular flexibility index (Phi) is 6.78. The number of nitrogens with one attached hydrogen (secondary N) is 2. The van der Waals surface area contributed by atoms with Crippen molar-refractivity contribution in [2.24, 2.45) is 0 Å². The summed E-state index contributed by atoms with van der Waals surface area (Å²) in [5, 5.41) is 26.0. The van der Waals surface area contributed by atoms with Gasteiger partial charge in [0.1, 0.15) is 6.23 Å². The molecule has 3 aromatic carbocycles. The Hall–Kier alpha value is -6.58. The molecule has 51 heavy (non-hydrogen) atoms. The third kappa shape index (κ3) is 4.59. The van der Waals surface area contributed by atoms with Gasteiger partial charge in [0.05, 0.1) is 34.0 Å². The lowest BCUT2D eigenvalue weighted by Crippen LogP contribution is -2.60. The van der Waals surface area contributed by atoms with Gasteiger partial charge in [-0.1, -0.05) is 53.7 Å². The van der Waals surface area contributed by atoms with Crippen LogP contribution in [-0.2, 0) is 10.4 Å². The molecule has 15 nitrogen and oxygen atoms in total. The highest BCUT2D eigenvalue weighted by molar-refractivity contribution is 5.83. The van der Waals surface area contributed by atoms with Crippen LogP contribution < -0.4 is 15.2 Å². The van der Waals surface area contributed by atoms with E-state index in [4.69, 9.17) is 34.8 Å². The second-order valence-electron chi connectivity index (χ2n) is 12.4. The quantitative estimate of drug-likeness (QED) is 0.235. The average molecular weight is 675 g/mol. The first-order valence-corrected chi connectivity index (χ1v) is 16.8. The predicted octanol–water partition coefficient (Wildman–Crippen LogP) is 5.27. The van der Waals surface area contributed by atoms with Gasteiger partial charge >= 0.3 is 0 Å². The second-order valence-corrected chi connectivity index (χ2v) is 12.4. The summed E-state index contributed by atoms with van der Waals surface area (Å²) in [5.74, 6) is 1.72. The molecule has 0 spiro atoms.